The smallest absolute Gasteiger partial charge is 0.305 e. The number of unbranched alkanes of at least 4 members (excludes halogenated alkanes) is 50. The summed E-state index contributed by atoms with van der Waals surface area (Å²) >= 11 is 0. The highest BCUT2D eigenvalue weighted by molar-refractivity contribution is 5.76. The molecule has 0 aromatic carbocycles. The van der Waals surface area contributed by atoms with E-state index in [4.69, 9.17) is 4.74 Å². The van der Waals surface area contributed by atoms with Crippen LogP contribution in [0.5, 0.6) is 0 Å². The summed E-state index contributed by atoms with van der Waals surface area (Å²) in [5, 5.41) is 23.4. The van der Waals surface area contributed by atoms with Crippen LogP contribution in [0.2, 0.25) is 0 Å². The lowest BCUT2D eigenvalue weighted by molar-refractivity contribution is -0.143. The zero-order valence-electron chi connectivity index (χ0n) is 51.5. The van der Waals surface area contributed by atoms with Gasteiger partial charge in [-0.3, -0.25) is 9.59 Å². The second kappa shape index (κ2) is 65.9. The Labute approximate surface area is 475 Å². The highest BCUT2D eigenvalue weighted by atomic mass is 16.5. The summed E-state index contributed by atoms with van der Waals surface area (Å²) in [7, 11) is 0. The van der Waals surface area contributed by atoms with Crippen molar-refractivity contribution >= 4 is 11.9 Å². The summed E-state index contributed by atoms with van der Waals surface area (Å²) in [6.07, 6.45) is 82.2. The highest BCUT2D eigenvalue weighted by Gasteiger charge is 2.20. The molecule has 0 aliphatic heterocycles. The molecule has 76 heavy (non-hydrogen) atoms. The number of esters is 1. The molecule has 2 atom stereocenters. The Morgan fingerprint density at radius 1 is 0.368 bits per heavy atom. The van der Waals surface area contributed by atoms with Gasteiger partial charge in [0.1, 0.15) is 0 Å². The van der Waals surface area contributed by atoms with Crippen molar-refractivity contribution in [3.05, 3.63) is 24.3 Å². The molecule has 2 unspecified atom stereocenters. The summed E-state index contributed by atoms with van der Waals surface area (Å²) in [4.78, 5) is 24.6. The fraction of sp³-hybridized carbons (Fsp3) is 0.914. The van der Waals surface area contributed by atoms with E-state index in [-0.39, 0.29) is 18.5 Å². The van der Waals surface area contributed by atoms with Gasteiger partial charge in [-0.2, -0.15) is 0 Å². The predicted molar refractivity (Wildman–Crippen MR) is 333 cm³/mol. The summed E-state index contributed by atoms with van der Waals surface area (Å²) in [6, 6.07) is -0.542. The van der Waals surface area contributed by atoms with Gasteiger partial charge in [0.05, 0.1) is 25.4 Å². The lowest BCUT2D eigenvalue weighted by atomic mass is 10.0. The zero-order chi connectivity index (χ0) is 55.0. The molecule has 0 saturated carbocycles. The maximum absolute atomic E-state index is 12.5. The van der Waals surface area contributed by atoms with Gasteiger partial charge in [-0.05, 0) is 57.8 Å². The fourth-order valence-corrected chi connectivity index (χ4v) is 11.0. The van der Waals surface area contributed by atoms with Crippen molar-refractivity contribution in [3.63, 3.8) is 0 Å². The molecular weight excluding hydrogens is 935 g/mol. The first-order valence-electron chi connectivity index (χ1n) is 34.6. The van der Waals surface area contributed by atoms with E-state index in [9.17, 15) is 19.8 Å². The molecular formula is C70H135NO5. The van der Waals surface area contributed by atoms with Crippen LogP contribution in [0, 0.1) is 0 Å². The molecule has 0 radical (unpaired) electrons. The number of hydrogen-bond acceptors (Lipinski definition) is 5. The second-order valence-electron chi connectivity index (χ2n) is 23.9. The van der Waals surface area contributed by atoms with E-state index in [1.807, 2.05) is 0 Å². The molecule has 0 spiro atoms. The fourth-order valence-electron chi connectivity index (χ4n) is 11.0. The molecule has 0 aliphatic rings. The van der Waals surface area contributed by atoms with Crippen molar-refractivity contribution in [1.29, 1.82) is 0 Å². The van der Waals surface area contributed by atoms with Crippen LogP contribution >= 0.6 is 0 Å². The van der Waals surface area contributed by atoms with Gasteiger partial charge < -0.3 is 20.3 Å². The minimum atomic E-state index is -0.665. The number of carbonyl (C=O) groups excluding carboxylic acids is 2. The number of nitrogens with one attached hydrogen (secondary N) is 1. The van der Waals surface area contributed by atoms with Crippen molar-refractivity contribution in [1.82, 2.24) is 5.32 Å². The lowest BCUT2D eigenvalue weighted by Gasteiger charge is -2.22. The molecule has 0 aromatic rings. The molecule has 0 bridgehead atoms. The normalized spacial score (nSPS) is 12.6. The van der Waals surface area contributed by atoms with Crippen LogP contribution in [0.3, 0.4) is 0 Å². The molecule has 0 heterocycles. The van der Waals surface area contributed by atoms with Gasteiger partial charge in [0, 0.05) is 12.8 Å². The van der Waals surface area contributed by atoms with Crippen LogP contribution in [0.1, 0.15) is 386 Å². The Morgan fingerprint density at radius 2 is 0.658 bits per heavy atom. The highest BCUT2D eigenvalue weighted by Crippen LogP contribution is 2.19. The van der Waals surface area contributed by atoms with E-state index in [0.29, 0.717) is 25.9 Å². The Hall–Kier alpha value is -1.66. The zero-order valence-corrected chi connectivity index (χ0v) is 51.5. The van der Waals surface area contributed by atoms with Gasteiger partial charge in [0.25, 0.3) is 0 Å². The third-order valence-electron chi connectivity index (χ3n) is 16.3. The second-order valence-corrected chi connectivity index (χ2v) is 23.9. The van der Waals surface area contributed by atoms with Crippen LogP contribution in [0.25, 0.3) is 0 Å². The van der Waals surface area contributed by atoms with E-state index in [1.165, 1.54) is 308 Å². The maximum Gasteiger partial charge on any atom is 0.305 e. The van der Waals surface area contributed by atoms with Crippen molar-refractivity contribution in [2.24, 2.45) is 0 Å². The first kappa shape index (κ1) is 74.3. The van der Waals surface area contributed by atoms with Gasteiger partial charge in [-0.25, -0.2) is 0 Å². The number of rotatable bonds is 65. The van der Waals surface area contributed by atoms with E-state index < -0.39 is 12.1 Å². The molecule has 0 aliphatic carbocycles. The average molecular weight is 1070 g/mol. The number of aliphatic hydroxyl groups excluding tert-OH is 2. The number of carbonyl (C=O) groups is 2. The van der Waals surface area contributed by atoms with Crippen molar-refractivity contribution in [2.75, 3.05) is 13.2 Å². The van der Waals surface area contributed by atoms with Crippen LogP contribution in [-0.4, -0.2) is 47.4 Å². The third kappa shape index (κ3) is 61.6. The standard InChI is InChI=1S/C70H135NO5/c1-3-5-7-9-11-13-15-17-18-32-35-39-42-46-50-54-58-62-68(73)67(66-72)71-69(74)63-59-55-51-47-43-40-36-33-30-28-26-24-22-20-19-21-23-25-27-29-31-34-37-41-45-49-53-57-61-65-76-70(75)64-60-56-52-48-44-38-16-14-12-10-8-6-4-2/h19,21,25,27,67-68,72-73H,3-18,20,22-24,26,28-66H2,1-2H3,(H,71,74)/b21-19-,27-25-. The van der Waals surface area contributed by atoms with E-state index in [2.05, 4.69) is 43.5 Å². The lowest BCUT2D eigenvalue weighted by Crippen LogP contribution is -2.45. The maximum atomic E-state index is 12.5. The van der Waals surface area contributed by atoms with Gasteiger partial charge in [0.2, 0.25) is 5.91 Å². The van der Waals surface area contributed by atoms with E-state index in [1.54, 1.807) is 0 Å². The molecule has 0 aromatic heterocycles. The molecule has 6 heteroatoms. The topological polar surface area (TPSA) is 95.9 Å². The van der Waals surface area contributed by atoms with Crippen molar-refractivity contribution in [2.45, 2.75) is 398 Å². The molecule has 6 nitrogen and oxygen atoms in total. The monoisotopic (exact) mass is 1070 g/mol. The van der Waals surface area contributed by atoms with Crippen LogP contribution in [-0.2, 0) is 14.3 Å². The molecule has 0 fully saturated rings. The summed E-state index contributed by atoms with van der Waals surface area (Å²) in [6.45, 7) is 4.98. The minimum absolute atomic E-state index is 0.0142. The van der Waals surface area contributed by atoms with Crippen molar-refractivity contribution in [3.8, 4) is 0 Å². The Balaban J connectivity index is 3.40. The molecule has 0 saturated heterocycles. The Kier molecular flexibility index (Phi) is 64.4. The first-order valence-corrected chi connectivity index (χ1v) is 34.6. The van der Waals surface area contributed by atoms with Gasteiger partial charge in [-0.1, -0.05) is 340 Å². The predicted octanol–water partition coefficient (Wildman–Crippen LogP) is 22.1. The van der Waals surface area contributed by atoms with Gasteiger partial charge >= 0.3 is 5.97 Å². The molecule has 450 valence electrons. The first-order chi connectivity index (χ1) is 37.5. The van der Waals surface area contributed by atoms with E-state index in [0.717, 1.165) is 44.9 Å². The third-order valence-corrected chi connectivity index (χ3v) is 16.3. The van der Waals surface area contributed by atoms with Crippen molar-refractivity contribution < 1.29 is 24.5 Å². The number of ether oxygens (including phenoxy) is 1. The van der Waals surface area contributed by atoms with Gasteiger partial charge in [-0.15, -0.1) is 0 Å². The number of amides is 1. The Morgan fingerprint density at radius 3 is 1.00 bits per heavy atom. The quantitative estimate of drug-likeness (QED) is 0.0320. The summed E-state index contributed by atoms with van der Waals surface area (Å²) < 4.78 is 5.48. The summed E-state index contributed by atoms with van der Waals surface area (Å²) in [5.74, 6) is -0.0184. The SMILES string of the molecule is CCCCCCCCCCCCCCCCCCCC(O)C(CO)NC(=O)CCCCCCCCCCCCCCC/C=C\C/C=C\CCCCCCCCCCCOC(=O)CCCCCCCCCCCCCCC. The largest absolute Gasteiger partial charge is 0.466 e. The van der Waals surface area contributed by atoms with Crippen LogP contribution in [0.15, 0.2) is 24.3 Å². The van der Waals surface area contributed by atoms with Crippen LogP contribution < -0.4 is 5.32 Å². The Bertz CT molecular complexity index is 1190. The molecule has 1 amide bonds. The number of hydrogen-bond donors (Lipinski definition) is 3. The molecule has 0 rings (SSSR count). The minimum Gasteiger partial charge on any atom is -0.466 e. The molecule has 3 N–H and O–H groups in total. The van der Waals surface area contributed by atoms with E-state index >= 15 is 0 Å². The summed E-state index contributed by atoms with van der Waals surface area (Å²) in [5.41, 5.74) is 0. The van der Waals surface area contributed by atoms with Crippen LogP contribution in [0.4, 0.5) is 0 Å². The number of allylic oxidation sites excluding steroid dienone is 4. The average Bonchev–Trinajstić information content (AvgIpc) is 3.42. The number of aliphatic hydroxyl groups is 2. The van der Waals surface area contributed by atoms with Gasteiger partial charge in [0.15, 0.2) is 0 Å².